The molecular formula is C21H27N7O. The van der Waals surface area contributed by atoms with Crippen LogP contribution < -0.4 is 21.8 Å². The van der Waals surface area contributed by atoms with Gasteiger partial charge in [0.2, 0.25) is 11.9 Å². The maximum atomic E-state index is 10.9. The molecule has 5 N–H and O–H groups in total. The number of hydrazone groups is 1. The third-order valence-electron chi connectivity index (χ3n) is 3.92. The Morgan fingerprint density at radius 3 is 2.79 bits per heavy atom. The van der Waals surface area contributed by atoms with Crippen molar-refractivity contribution in [2.24, 2.45) is 10.9 Å². The molecule has 0 unspecified atom stereocenters. The molecule has 2 aromatic rings. The second-order valence-corrected chi connectivity index (χ2v) is 6.38. The van der Waals surface area contributed by atoms with Gasteiger partial charge in [0.25, 0.3) is 0 Å². The van der Waals surface area contributed by atoms with Gasteiger partial charge in [0.05, 0.1) is 5.69 Å². The van der Waals surface area contributed by atoms with Crippen molar-refractivity contribution in [1.82, 2.24) is 20.6 Å². The Hall–Kier alpha value is -3.68. The van der Waals surface area contributed by atoms with Crippen LogP contribution in [-0.4, -0.2) is 35.2 Å². The molecule has 152 valence electrons. The van der Waals surface area contributed by atoms with Gasteiger partial charge >= 0.3 is 0 Å². The van der Waals surface area contributed by atoms with Crippen LogP contribution >= 0.6 is 0 Å². The summed E-state index contributed by atoms with van der Waals surface area (Å²) in [6.45, 7) is 8.86. The van der Waals surface area contributed by atoms with Crippen molar-refractivity contribution < 1.29 is 4.79 Å². The lowest BCUT2D eigenvalue weighted by Gasteiger charge is -2.14. The van der Waals surface area contributed by atoms with Gasteiger partial charge in [-0.25, -0.2) is 9.97 Å². The minimum atomic E-state index is -0.0433. The van der Waals surface area contributed by atoms with Crippen molar-refractivity contribution in [2.75, 3.05) is 18.4 Å². The number of aryl methyl sites for hydroxylation is 1. The maximum Gasteiger partial charge on any atom is 0.227 e. The summed E-state index contributed by atoms with van der Waals surface area (Å²) in [4.78, 5) is 19.8. The van der Waals surface area contributed by atoms with E-state index in [0.29, 0.717) is 30.4 Å². The van der Waals surface area contributed by atoms with Crippen molar-refractivity contribution in [1.29, 1.82) is 0 Å². The molecule has 0 aliphatic heterocycles. The highest BCUT2D eigenvalue weighted by molar-refractivity contribution is 5.89. The summed E-state index contributed by atoms with van der Waals surface area (Å²) >= 11 is 0. The number of nitrogens with two attached hydrogens (primary N) is 1. The Bertz CT molecular complexity index is 905. The number of rotatable bonds is 10. The first-order chi connectivity index (χ1) is 14.0. The van der Waals surface area contributed by atoms with Crippen LogP contribution in [0.15, 0.2) is 60.0 Å². The van der Waals surface area contributed by atoms with E-state index in [1.165, 1.54) is 13.1 Å². The van der Waals surface area contributed by atoms with Crippen molar-refractivity contribution in [3.8, 4) is 0 Å². The zero-order chi connectivity index (χ0) is 21.1. The fraction of sp³-hybridized carbons (Fsp3) is 0.238. The fourth-order valence-corrected chi connectivity index (χ4v) is 2.57. The van der Waals surface area contributed by atoms with E-state index in [2.05, 4.69) is 37.6 Å². The van der Waals surface area contributed by atoms with E-state index in [1.54, 1.807) is 18.3 Å². The second kappa shape index (κ2) is 11.2. The largest absolute Gasteiger partial charge is 0.385 e. The van der Waals surface area contributed by atoms with Gasteiger partial charge in [-0.2, -0.15) is 5.10 Å². The first-order valence-corrected chi connectivity index (χ1v) is 9.28. The molecule has 0 atom stereocenters. The number of hydrogen-bond donors (Lipinski definition) is 4. The van der Waals surface area contributed by atoms with Crippen LogP contribution in [0.2, 0.25) is 0 Å². The smallest absolute Gasteiger partial charge is 0.227 e. The molecular weight excluding hydrogens is 366 g/mol. The Balaban J connectivity index is 2.11. The highest BCUT2D eigenvalue weighted by atomic mass is 16.1. The molecule has 0 spiro atoms. The lowest BCUT2D eigenvalue weighted by atomic mass is 10.1. The highest BCUT2D eigenvalue weighted by Gasteiger charge is 2.09. The number of hydrogen-bond acceptors (Lipinski definition) is 7. The average molecular weight is 393 g/mol. The van der Waals surface area contributed by atoms with E-state index in [9.17, 15) is 4.79 Å². The van der Waals surface area contributed by atoms with Gasteiger partial charge in [-0.05, 0) is 43.2 Å². The standard InChI is InChI=1S/C21H27N7O/c1-15-6-4-7-18(14-15)27-21-25-12-9-20(28-21)19(8-13-26-22)16(2)23-10-5-11-24-17(3)29/h4,6-9,12-14,23H,2,5,10-11,22H2,1,3H3,(H,24,29)(H,25,27,28)/b19-8+,26-13-. The van der Waals surface area contributed by atoms with E-state index >= 15 is 0 Å². The van der Waals surface area contributed by atoms with Gasteiger partial charge < -0.3 is 21.8 Å². The molecule has 0 fully saturated rings. The Morgan fingerprint density at radius 1 is 1.28 bits per heavy atom. The molecule has 29 heavy (non-hydrogen) atoms. The lowest BCUT2D eigenvalue weighted by Crippen LogP contribution is -2.25. The van der Waals surface area contributed by atoms with E-state index in [-0.39, 0.29) is 5.91 Å². The van der Waals surface area contributed by atoms with Gasteiger partial charge in [0.1, 0.15) is 0 Å². The Labute approximate surface area is 171 Å². The lowest BCUT2D eigenvalue weighted by molar-refractivity contribution is -0.118. The molecule has 1 heterocycles. The summed E-state index contributed by atoms with van der Waals surface area (Å²) in [5.74, 6) is 5.69. The van der Waals surface area contributed by atoms with Crippen LogP contribution in [-0.2, 0) is 4.79 Å². The minimum absolute atomic E-state index is 0.0433. The normalized spacial score (nSPS) is 11.3. The topological polar surface area (TPSA) is 117 Å². The molecule has 8 heteroatoms. The average Bonchev–Trinajstić information content (AvgIpc) is 2.68. The number of allylic oxidation sites excluding steroid dienone is 2. The molecule has 8 nitrogen and oxygen atoms in total. The molecule has 1 aromatic carbocycles. The molecule has 0 aliphatic rings. The van der Waals surface area contributed by atoms with Gasteiger partial charge in [-0.1, -0.05) is 18.7 Å². The summed E-state index contributed by atoms with van der Waals surface area (Å²) in [5, 5.41) is 12.7. The first kappa shape index (κ1) is 21.6. The molecule has 2 rings (SSSR count). The monoisotopic (exact) mass is 393 g/mol. The highest BCUT2D eigenvalue weighted by Crippen LogP contribution is 2.20. The third-order valence-corrected chi connectivity index (χ3v) is 3.92. The van der Waals surface area contributed by atoms with E-state index in [0.717, 1.165) is 23.2 Å². The summed E-state index contributed by atoms with van der Waals surface area (Å²) < 4.78 is 0. The maximum absolute atomic E-state index is 10.9. The number of aromatic nitrogens is 2. The summed E-state index contributed by atoms with van der Waals surface area (Å²) in [5.41, 5.74) is 4.14. The zero-order valence-electron chi connectivity index (χ0n) is 16.8. The zero-order valence-corrected chi connectivity index (χ0v) is 16.8. The molecule has 0 aliphatic carbocycles. The predicted octanol–water partition coefficient (Wildman–Crippen LogP) is 2.49. The number of nitrogens with zero attached hydrogens (tertiary/aromatic N) is 3. The van der Waals surface area contributed by atoms with Crippen LogP contribution in [0.1, 0.15) is 24.6 Å². The summed E-state index contributed by atoms with van der Waals surface area (Å²) in [6, 6.07) is 9.76. The van der Waals surface area contributed by atoms with Crippen molar-refractivity contribution in [3.63, 3.8) is 0 Å². The summed E-state index contributed by atoms with van der Waals surface area (Å²) in [6.07, 6.45) is 5.66. The predicted molar refractivity (Wildman–Crippen MR) is 118 cm³/mol. The van der Waals surface area contributed by atoms with Gasteiger partial charge in [-0.15, -0.1) is 0 Å². The number of carbonyl (C=O) groups excluding carboxylic acids is 1. The van der Waals surface area contributed by atoms with Gasteiger partial charge in [-0.3, -0.25) is 4.79 Å². The number of amides is 1. The number of anilines is 2. The van der Waals surface area contributed by atoms with E-state index < -0.39 is 0 Å². The first-order valence-electron chi connectivity index (χ1n) is 9.28. The molecule has 0 radical (unpaired) electrons. The number of benzene rings is 1. The molecule has 0 saturated carbocycles. The molecule has 1 aromatic heterocycles. The second-order valence-electron chi connectivity index (χ2n) is 6.38. The van der Waals surface area contributed by atoms with Crippen molar-refractivity contribution in [2.45, 2.75) is 20.3 Å². The summed E-state index contributed by atoms with van der Waals surface area (Å²) in [7, 11) is 0. The molecule has 1 amide bonds. The van der Waals surface area contributed by atoms with E-state index in [1.807, 2.05) is 31.2 Å². The van der Waals surface area contributed by atoms with Crippen LogP contribution in [0.5, 0.6) is 0 Å². The van der Waals surface area contributed by atoms with Gasteiger partial charge in [0, 0.05) is 49.4 Å². The molecule has 0 saturated heterocycles. The number of nitrogens with one attached hydrogen (secondary N) is 3. The molecule has 0 bridgehead atoms. The Morgan fingerprint density at radius 2 is 2.07 bits per heavy atom. The van der Waals surface area contributed by atoms with E-state index in [4.69, 9.17) is 5.84 Å². The Kier molecular flexibility index (Phi) is 8.37. The minimum Gasteiger partial charge on any atom is -0.385 e. The quantitative estimate of drug-likeness (QED) is 0.162. The van der Waals surface area contributed by atoms with Crippen LogP contribution in [0.4, 0.5) is 11.6 Å². The fourth-order valence-electron chi connectivity index (χ4n) is 2.57. The SMILES string of the molecule is C=C(NCCCNC(C)=O)/C(=C\C=N/N)c1ccnc(Nc2cccc(C)c2)n1. The number of carbonyl (C=O) groups is 1. The van der Waals surface area contributed by atoms with Crippen LogP contribution in [0, 0.1) is 6.92 Å². The van der Waals surface area contributed by atoms with Crippen molar-refractivity contribution in [3.05, 3.63) is 66.1 Å². The van der Waals surface area contributed by atoms with Crippen LogP contribution in [0.25, 0.3) is 5.57 Å². The third kappa shape index (κ3) is 7.45. The van der Waals surface area contributed by atoms with Crippen LogP contribution in [0.3, 0.4) is 0 Å². The van der Waals surface area contributed by atoms with Gasteiger partial charge in [0.15, 0.2) is 0 Å². The van der Waals surface area contributed by atoms with Crippen molar-refractivity contribution >= 4 is 29.3 Å².